The Morgan fingerprint density at radius 1 is 1.29 bits per heavy atom. The van der Waals surface area contributed by atoms with E-state index in [1.54, 1.807) is 0 Å². The number of carbonyl (C=O) groups excluding carboxylic acids is 1. The van der Waals surface area contributed by atoms with E-state index < -0.39 is 0 Å². The third-order valence-corrected chi connectivity index (χ3v) is 2.65. The fourth-order valence-corrected chi connectivity index (χ4v) is 1.73. The number of aromatic nitrogens is 1. The Morgan fingerprint density at radius 3 is 2.88 bits per heavy atom. The number of para-hydroxylation sites is 1. The minimum Gasteiger partial charge on any atom is -0.396 e. The quantitative estimate of drug-likeness (QED) is 0.686. The van der Waals surface area contributed by atoms with Crippen molar-refractivity contribution in [3.05, 3.63) is 36.0 Å². The molecule has 1 aromatic carbocycles. The van der Waals surface area contributed by atoms with Gasteiger partial charge in [0.05, 0.1) is 0 Å². The van der Waals surface area contributed by atoms with Gasteiger partial charge in [-0.2, -0.15) is 0 Å². The summed E-state index contributed by atoms with van der Waals surface area (Å²) >= 11 is 0. The standard InChI is InChI=1S/C13H16N2O2/c16-8-4-3-7-14-13(17)12-9-10-5-1-2-6-11(10)15-12/h1-2,5-6,9,15-16H,3-4,7-8H2,(H,14,17). The van der Waals surface area contributed by atoms with Gasteiger partial charge in [-0.1, -0.05) is 18.2 Å². The van der Waals surface area contributed by atoms with Crippen LogP contribution in [0.1, 0.15) is 23.3 Å². The molecule has 0 unspecified atom stereocenters. The van der Waals surface area contributed by atoms with Crippen molar-refractivity contribution in [2.45, 2.75) is 12.8 Å². The normalized spacial score (nSPS) is 10.6. The van der Waals surface area contributed by atoms with Gasteiger partial charge in [0.2, 0.25) is 0 Å². The van der Waals surface area contributed by atoms with Gasteiger partial charge in [0.1, 0.15) is 5.69 Å². The number of unbranched alkanes of at least 4 members (excludes halogenated alkanes) is 1. The van der Waals surface area contributed by atoms with Crippen LogP contribution in [0.4, 0.5) is 0 Å². The van der Waals surface area contributed by atoms with E-state index in [0.717, 1.165) is 17.3 Å². The van der Waals surface area contributed by atoms with Crippen LogP contribution in [0.3, 0.4) is 0 Å². The molecule has 0 aliphatic heterocycles. The molecule has 17 heavy (non-hydrogen) atoms. The Kier molecular flexibility index (Phi) is 3.77. The first-order valence-corrected chi connectivity index (χ1v) is 5.78. The van der Waals surface area contributed by atoms with Crippen molar-refractivity contribution < 1.29 is 9.90 Å². The Balaban J connectivity index is 1.99. The summed E-state index contributed by atoms with van der Waals surface area (Å²) in [6.07, 6.45) is 1.51. The zero-order valence-electron chi connectivity index (χ0n) is 9.57. The van der Waals surface area contributed by atoms with E-state index in [1.165, 1.54) is 0 Å². The molecule has 0 saturated heterocycles. The number of hydrogen-bond acceptors (Lipinski definition) is 2. The summed E-state index contributed by atoms with van der Waals surface area (Å²) < 4.78 is 0. The molecule has 4 nitrogen and oxygen atoms in total. The lowest BCUT2D eigenvalue weighted by molar-refractivity contribution is 0.0948. The highest BCUT2D eigenvalue weighted by Crippen LogP contribution is 2.14. The van der Waals surface area contributed by atoms with Crippen LogP contribution in [0.15, 0.2) is 30.3 Å². The number of aliphatic hydroxyl groups is 1. The summed E-state index contributed by atoms with van der Waals surface area (Å²) in [7, 11) is 0. The van der Waals surface area contributed by atoms with Gasteiger partial charge < -0.3 is 15.4 Å². The summed E-state index contributed by atoms with van der Waals surface area (Å²) in [5.41, 5.74) is 1.54. The zero-order chi connectivity index (χ0) is 12.1. The topological polar surface area (TPSA) is 65.1 Å². The maximum absolute atomic E-state index is 11.8. The minimum absolute atomic E-state index is 0.0980. The molecule has 0 spiro atoms. The molecule has 2 aromatic rings. The fraction of sp³-hybridized carbons (Fsp3) is 0.308. The SMILES string of the molecule is O=C(NCCCCO)c1cc2ccccc2[nH]1. The smallest absolute Gasteiger partial charge is 0.267 e. The van der Waals surface area contributed by atoms with Crippen LogP contribution in [0.5, 0.6) is 0 Å². The molecular weight excluding hydrogens is 216 g/mol. The summed E-state index contributed by atoms with van der Waals surface area (Å²) in [4.78, 5) is 14.8. The number of amides is 1. The molecule has 2 rings (SSSR count). The molecule has 0 aliphatic carbocycles. The lowest BCUT2D eigenvalue weighted by Gasteiger charge is -2.01. The molecule has 0 bridgehead atoms. The molecule has 0 aliphatic rings. The summed E-state index contributed by atoms with van der Waals surface area (Å²) in [6, 6.07) is 9.63. The maximum Gasteiger partial charge on any atom is 0.267 e. The Morgan fingerprint density at radius 2 is 2.12 bits per heavy atom. The second-order valence-electron chi connectivity index (χ2n) is 3.96. The van der Waals surface area contributed by atoms with Crippen LogP contribution in [0.2, 0.25) is 0 Å². The third kappa shape index (κ3) is 2.85. The van der Waals surface area contributed by atoms with Crippen LogP contribution in [0, 0.1) is 0 Å². The Hall–Kier alpha value is -1.81. The highest BCUT2D eigenvalue weighted by atomic mass is 16.2. The van der Waals surface area contributed by atoms with E-state index in [0.29, 0.717) is 18.7 Å². The van der Waals surface area contributed by atoms with Gasteiger partial charge in [0, 0.05) is 24.1 Å². The Bertz CT molecular complexity index is 472. The van der Waals surface area contributed by atoms with Gasteiger partial charge >= 0.3 is 0 Å². The first-order valence-electron chi connectivity index (χ1n) is 5.78. The van der Waals surface area contributed by atoms with Gasteiger partial charge in [-0.05, 0) is 25.0 Å². The van der Waals surface area contributed by atoms with Crippen molar-refractivity contribution in [3.8, 4) is 0 Å². The number of aliphatic hydroxyl groups excluding tert-OH is 1. The van der Waals surface area contributed by atoms with E-state index in [-0.39, 0.29) is 12.5 Å². The molecule has 0 atom stereocenters. The van der Waals surface area contributed by atoms with Gasteiger partial charge in [-0.3, -0.25) is 4.79 Å². The maximum atomic E-state index is 11.8. The average molecular weight is 232 g/mol. The average Bonchev–Trinajstić information content (AvgIpc) is 2.78. The largest absolute Gasteiger partial charge is 0.396 e. The summed E-state index contributed by atoms with van der Waals surface area (Å²) in [5.74, 6) is -0.0980. The van der Waals surface area contributed by atoms with Crippen molar-refractivity contribution >= 4 is 16.8 Å². The molecule has 4 heteroatoms. The number of aromatic amines is 1. The second kappa shape index (κ2) is 5.50. The number of nitrogens with one attached hydrogen (secondary N) is 2. The molecule has 0 saturated carbocycles. The number of carbonyl (C=O) groups is 1. The van der Waals surface area contributed by atoms with E-state index in [2.05, 4.69) is 10.3 Å². The summed E-state index contributed by atoms with van der Waals surface area (Å²) in [5, 5.41) is 12.5. The predicted octanol–water partition coefficient (Wildman–Crippen LogP) is 1.67. The molecule has 0 radical (unpaired) electrons. The van der Waals surface area contributed by atoms with Gasteiger partial charge in [-0.25, -0.2) is 0 Å². The molecule has 1 aromatic heterocycles. The third-order valence-electron chi connectivity index (χ3n) is 2.65. The number of rotatable bonds is 5. The van der Waals surface area contributed by atoms with Crippen molar-refractivity contribution in [3.63, 3.8) is 0 Å². The molecule has 0 fully saturated rings. The van der Waals surface area contributed by atoms with E-state index in [4.69, 9.17) is 5.11 Å². The van der Waals surface area contributed by atoms with Crippen LogP contribution in [0.25, 0.3) is 10.9 Å². The van der Waals surface area contributed by atoms with E-state index in [1.807, 2.05) is 30.3 Å². The first-order chi connectivity index (χ1) is 8.31. The van der Waals surface area contributed by atoms with Crippen molar-refractivity contribution in [1.82, 2.24) is 10.3 Å². The number of benzene rings is 1. The van der Waals surface area contributed by atoms with Gasteiger partial charge in [0.15, 0.2) is 0 Å². The fourth-order valence-electron chi connectivity index (χ4n) is 1.73. The van der Waals surface area contributed by atoms with Gasteiger partial charge in [0.25, 0.3) is 5.91 Å². The highest BCUT2D eigenvalue weighted by molar-refractivity contribution is 5.97. The van der Waals surface area contributed by atoms with E-state index in [9.17, 15) is 4.79 Å². The van der Waals surface area contributed by atoms with Crippen LogP contribution in [-0.4, -0.2) is 29.1 Å². The van der Waals surface area contributed by atoms with Crippen LogP contribution >= 0.6 is 0 Å². The van der Waals surface area contributed by atoms with Crippen LogP contribution < -0.4 is 5.32 Å². The molecule has 3 N–H and O–H groups in total. The molecular formula is C13H16N2O2. The van der Waals surface area contributed by atoms with Crippen molar-refractivity contribution in [2.24, 2.45) is 0 Å². The van der Waals surface area contributed by atoms with Crippen LogP contribution in [-0.2, 0) is 0 Å². The number of hydrogen-bond donors (Lipinski definition) is 3. The Labute approximate surface area is 99.7 Å². The number of H-pyrrole nitrogens is 1. The molecule has 1 amide bonds. The summed E-state index contributed by atoms with van der Waals surface area (Å²) in [6.45, 7) is 0.761. The number of fused-ring (bicyclic) bond motifs is 1. The second-order valence-corrected chi connectivity index (χ2v) is 3.96. The minimum atomic E-state index is -0.0980. The van der Waals surface area contributed by atoms with Crippen molar-refractivity contribution in [2.75, 3.05) is 13.2 Å². The highest BCUT2D eigenvalue weighted by Gasteiger charge is 2.07. The predicted molar refractivity (Wildman–Crippen MR) is 67.0 cm³/mol. The van der Waals surface area contributed by atoms with E-state index >= 15 is 0 Å². The van der Waals surface area contributed by atoms with Gasteiger partial charge in [-0.15, -0.1) is 0 Å². The molecule has 90 valence electrons. The van der Waals surface area contributed by atoms with Crippen molar-refractivity contribution in [1.29, 1.82) is 0 Å². The lowest BCUT2D eigenvalue weighted by Crippen LogP contribution is -2.24. The first kappa shape index (κ1) is 11.7. The zero-order valence-corrected chi connectivity index (χ0v) is 9.57. The lowest BCUT2D eigenvalue weighted by atomic mass is 10.2. The molecule has 1 heterocycles. The monoisotopic (exact) mass is 232 g/mol.